The van der Waals surface area contributed by atoms with Crippen LogP contribution in [0, 0.1) is 5.92 Å². The molecule has 0 saturated heterocycles. The molecule has 1 aliphatic carbocycles. The van der Waals surface area contributed by atoms with Crippen LogP contribution in [0.15, 0.2) is 48.5 Å². The Morgan fingerprint density at radius 3 is 2.08 bits per heavy atom. The summed E-state index contributed by atoms with van der Waals surface area (Å²) in [6.07, 6.45) is 5.85. The molecule has 0 radical (unpaired) electrons. The van der Waals surface area contributed by atoms with Gasteiger partial charge in [-0.3, -0.25) is 9.77 Å². The maximum absolute atomic E-state index is 12.9. The van der Waals surface area contributed by atoms with Gasteiger partial charge in [-0.1, -0.05) is 55.7 Å². The summed E-state index contributed by atoms with van der Waals surface area (Å²) in [5.74, 6) is 0.404. The highest BCUT2D eigenvalue weighted by atomic mass is 16.5. The standard InChI is InChI=1S/C20H22N2O2/c23-20(21(24)14-15-8-2-1-3-9-15)22-18-12-6-4-10-16(18)17-11-5-7-13-19(17)22/h4-7,10-13,15,24H,1-3,8-9,14H2. The topological polar surface area (TPSA) is 45.5 Å². The minimum atomic E-state index is -0.363. The van der Waals surface area contributed by atoms with Gasteiger partial charge in [0.05, 0.1) is 17.6 Å². The Hall–Kier alpha value is -2.33. The number of amides is 1. The number of nitrogens with zero attached hydrogens (tertiary/aromatic N) is 2. The predicted octanol–water partition coefficient (Wildman–Crippen LogP) is 5.03. The number of hydrogen-bond acceptors (Lipinski definition) is 2. The smallest absolute Gasteiger partial charge is 0.284 e. The predicted molar refractivity (Wildman–Crippen MR) is 95.3 cm³/mol. The van der Waals surface area contributed by atoms with E-state index in [0.717, 1.165) is 39.7 Å². The number of carbonyl (C=O) groups is 1. The Kier molecular flexibility index (Phi) is 3.98. The first-order valence-electron chi connectivity index (χ1n) is 8.74. The average Bonchev–Trinajstić information content (AvgIpc) is 2.96. The minimum absolute atomic E-state index is 0.363. The van der Waals surface area contributed by atoms with Gasteiger partial charge in [-0.2, -0.15) is 0 Å². The van der Waals surface area contributed by atoms with Crippen LogP contribution >= 0.6 is 0 Å². The van der Waals surface area contributed by atoms with Crippen molar-refractivity contribution in [3.8, 4) is 0 Å². The van der Waals surface area contributed by atoms with Gasteiger partial charge in [0.25, 0.3) is 0 Å². The Morgan fingerprint density at radius 2 is 1.50 bits per heavy atom. The molecule has 4 heteroatoms. The van der Waals surface area contributed by atoms with Gasteiger partial charge in [-0.25, -0.2) is 9.86 Å². The van der Waals surface area contributed by atoms with Gasteiger partial charge in [0.1, 0.15) is 0 Å². The molecule has 1 amide bonds. The lowest BCUT2D eigenvalue weighted by atomic mass is 9.89. The van der Waals surface area contributed by atoms with Gasteiger partial charge >= 0.3 is 6.03 Å². The maximum atomic E-state index is 12.9. The molecule has 0 atom stereocenters. The number of carbonyl (C=O) groups excluding carboxylic acids is 1. The first kappa shape index (κ1) is 15.2. The molecule has 0 unspecified atom stereocenters. The number of para-hydroxylation sites is 2. The van der Waals surface area contributed by atoms with E-state index in [4.69, 9.17) is 0 Å². The van der Waals surface area contributed by atoms with E-state index < -0.39 is 0 Å². The first-order chi connectivity index (χ1) is 11.8. The van der Waals surface area contributed by atoms with Crippen molar-refractivity contribution in [3.05, 3.63) is 48.5 Å². The van der Waals surface area contributed by atoms with Crippen LogP contribution < -0.4 is 0 Å². The molecule has 1 fully saturated rings. The second-order valence-corrected chi connectivity index (χ2v) is 6.74. The quantitative estimate of drug-likeness (QED) is 0.531. The molecular weight excluding hydrogens is 300 g/mol. The van der Waals surface area contributed by atoms with Crippen LogP contribution in [0.5, 0.6) is 0 Å². The highest BCUT2D eigenvalue weighted by Crippen LogP contribution is 2.29. The van der Waals surface area contributed by atoms with E-state index in [1.807, 2.05) is 48.5 Å². The van der Waals surface area contributed by atoms with Crippen LogP contribution in [0.4, 0.5) is 4.79 Å². The summed E-state index contributed by atoms with van der Waals surface area (Å²) in [5.41, 5.74) is 1.68. The second-order valence-electron chi connectivity index (χ2n) is 6.74. The molecular formula is C20H22N2O2. The molecule has 1 saturated carbocycles. The molecule has 4 nitrogen and oxygen atoms in total. The van der Waals surface area contributed by atoms with Gasteiger partial charge < -0.3 is 0 Å². The summed E-state index contributed by atoms with van der Waals surface area (Å²) >= 11 is 0. The zero-order chi connectivity index (χ0) is 16.5. The van der Waals surface area contributed by atoms with Crippen molar-refractivity contribution < 1.29 is 10.0 Å². The fourth-order valence-corrected chi connectivity index (χ4v) is 3.94. The summed E-state index contributed by atoms with van der Waals surface area (Å²) in [7, 11) is 0. The molecule has 2 aromatic carbocycles. The lowest BCUT2D eigenvalue weighted by Gasteiger charge is -2.25. The van der Waals surface area contributed by atoms with Crippen molar-refractivity contribution in [2.45, 2.75) is 32.1 Å². The van der Waals surface area contributed by atoms with Crippen LogP contribution in [0.3, 0.4) is 0 Å². The second kappa shape index (κ2) is 6.29. The largest absolute Gasteiger partial charge is 0.352 e. The Bertz CT molecular complexity index is 824. The third kappa shape index (κ3) is 2.57. The molecule has 3 aromatic rings. The van der Waals surface area contributed by atoms with Crippen LogP contribution in [0.25, 0.3) is 21.8 Å². The van der Waals surface area contributed by atoms with Gasteiger partial charge in [0, 0.05) is 10.8 Å². The molecule has 24 heavy (non-hydrogen) atoms. The van der Waals surface area contributed by atoms with Gasteiger partial charge in [0.15, 0.2) is 0 Å². The Balaban J connectivity index is 1.72. The normalized spacial score (nSPS) is 15.9. The van der Waals surface area contributed by atoms with Crippen LogP contribution in [-0.2, 0) is 0 Å². The van der Waals surface area contributed by atoms with E-state index in [1.165, 1.54) is 19.3 Å². The van der Waals surface area contributed by atoms with E-state index in [9.17, 15) is 10.0 Å². The average molecular weight is 322 g/mol. The highest BCUT2D eigenvalue weighted by molar-refractivity contribution is 6.12. The van der Waals surface area contributed by atoms with Crippen molar-refractivity contribution >= 4 is 27.8 Å². The lowest BCUT2D eigenvalue weighted by molar-refractivity contribution is -0.0561. The van der Waals surface area contributed by atoms with Gasteiger partial charge in [-0.05, 0) is 30.9 Å². The Labute approximate surface area is 141 Å². The van der Waals surface area contributed by atoms with Crippen molar-refractivity contribution in [2.24, 2.45) is 5.92 Å². The summed E-state index contributed by atoms with van der Waals surface area (Å²) in [4.78, 5) is 12.9. The molecule has 1 N–H and O–H groups in total. The number of fused-ring (bicyclic) bond motifs is 3. The maximum Gasteiger partial charge on any atom is 0.352 e. The van der Waals surface area contributed by atoms with E-state index in [1.54, 1.807) is 4.57 Å². The van der Waals surface area contributed by atoms with Crippen molar-refractivity contribution in [1.29, 1.82) is 0 Å². The molecule has 0 aliphatic heterocycles. The van der Waals surface area contributed by atoms with Crippen molar-refractivity contribution in [1.82, 2.24) is 9.63 Å². The van der Waals surface area contributed by atoms with Crippen LogP contribution in [0.2, 0.25) is 0 Å². The molecule has 0 bridgehead atoms. The van der Waals surface area contributed by atoms with Crippen LogP contribution in [-0.4, -0.2) is 27.4 Å². The number of benzene rings is 2. The summed E-state index contributed by atoms with van der Waals surface area (Å²) in [5, 5.41) is 13.4. The van der Waals surface area contributed by atoms with Gasteiger partial charge in [0.2, 0.25) is 0 Å². The minimum Gasteiger partial charge on any atom is -0.284 e. The van der Waals surface area contributed by atoms with E-state index in [-0.39, 0.29) is 6.03 Å². The summed E-state index contributed by atoms with van der Waals surface area (Å²) in [6, 6.07) is 15.3. The van der Waals surface area contributed by atoms with E-state index in [2.05, 4.69) is 0 Å². The van der Waals surface area contributed by atoms with E-state index >= 15 is 0 Å². The molecule has 1 aromatic heterocycles. The fraction of sp³-hybridized carbons (Fsp3) is 0.350. The SMILES string of the molecule is O=C(N(O)CC1CCCCC1)n1c2ccccc2c2ccccc21. The Morgan fingerprint density at radius 1 is 0.958 bits per heavy atom. The van der Waals surface area contributed by atoms with Crippen molar-refractivity contribution in [2.75, 3.05) is 6.54 Å². The van der Waals surface area contributed by atoms with Crippen molar-refractivity contribution in [3.63, 3.8) is 0 Å². The molecule has 0 spiro atoms. The first-order valence-corrected chi connectivity index (χ1v) is 8.74. The third-order valence-electron chi connectivity index (χ3n) is 5.15. The zero-order valence-electron chi connectivity index (χ0n) is 13.7. The highest BCUT2D eigenvalue weighted by Gasteiger charge is 2.23. The number of hydrogen-bond donors (Lipinski definition) is 1. The van der Waals surface area contributed by atoms with E-state index in [0.29, 0.717) is 12.5 Å². The monoisotopic (exact) mass is 322 g/mol. The summed E-state index contributed by atoms with van der Waals surface area (Å²) < 4.78 is 1.63. The number of aromatic nitrogens is 1. The van der Waals surface area contributed by atoms with Gasteiger partial charge in [-0.15, -0.1) is 0 Å². The lowest BCUT2D eigenvalue weighted by Crippen LogP contribution is -2.36. The number of rotatable bonds is 2. The molecule has 1 heterocycles. The zero-order valence-corrected chi connectivity index (χ0v) is 13.7. The number of hydroxylamine groups is 2. The summed E-state index contributed by atoms with van der Waals surface area (Å²) in [6.45, 7) is 0.416. The molecule has 4 rings (SSSR count). The van der Waals surface area contributed by atoms with Crippen LogP contribution in [0.1, 0.15) is 32.1 Å². The molecule has 124 valence electrons. The third-order valence-corrected chi connectivity index (χ3v) is 5.15. The fourth-order valence-electron chi connectivity index (χ4n) is 3.94. The molecule has 1 aliphatic rings.